The van der Waals surface area contributed by atoms with Gasteiger partial charge in [0.25, 0.3) is 0 Å². The number of carbonyl (C=O) groups is 1. The van der Waals surface area contributed by atoms with Crippen LogP contribution >= 0.6 is 0 Å². The lowest BCUT2D eigenvalue weighted by Gasteiger charge is -2.38. The standard InChI is InChI=1S/C13H27NO3Si/c1-13(2,3)18(6,7)17-10-8-11(12(15)16-5)14(4)9-10/h10-11H,8-9H2,1-7H3/t10-,11-/m1/s1. The molecule has 1 aliphatic heterocycles. The molecular formula is C13H27NO3Si. The Morgan fingerprint density at radius 2 is 1.89 bits per heavy atom. The number of likely N-dealkylation sites (N-methyl/N-ethyl adjacent to an activating group) is 1. The monoisotopic (exact) mass is 273 g/mol. The Labute approximate surface area is 112 Å². The summed E-state index contributed by atoms with van der Waals surface area (Å²) in [5.74, 6) is -0.154. The second-order valence-corrected chi connectivity index (χ2v) is 11.5. The van der Waals surface area contributed by atoms with Crippen LogP contribution in [-0.4, -0.2) is 52.0 Å². The molecule has 2 atom stereocenters. The summed E-state index contributed by atoms with van der Waals surface area (Å²) >= 11 is 0. The maximum atomic E-state index is 11.6. The molecule has 1 heterocycles. The van der Waals surface area contributed by atoms with Gasteiger partial charge in [0.15, 0.2) is 8.32 Å². The fraction of sp³-hybridized carbons (Fsp3) is 0.923. The minimum absolute atomic E-state index is 0.148. The van der Waals surface area contributed by atoms with E-state index in [1.165, 1.54) is 7.11 Å². The van der Waals surface area contributed by atoms with E-state index in [2.05, 4.69) is 33.9 Å². The van der Waals surface area contributed by atoms with Gasteiger partial charge in [-0.05, 0) is 31.6 Å². The van der Waals surface area contributed by atoms with Crippen molar-refractivity contribution < 1.29 is 14.0 Å². The van der Waals surface area contributed by atoms with Gasteiger partial charge in [0.05, 0.1) is 13.2 Å². The number of carbonyl (C=O) groups excluding carboxylic acids is 1. The van der Waals surface area contributed by atoms with Crippen LogP contribution in [-0.2, 0) is 14.0 Å². The third-order valence-electron chi connectivity index (χ3n) is 4.25. The molecule has 18 heavy (non-hydrogen) atoms. The summed E-state index contributed by atoms with van der Waals surface area (Å²) in [6.45, 7) is 12.0. The molecule has 4 nitrogen and oxygen atoms in total. The van der Waals surface area contributed by atoms with Gasteiger partial charge in [0, 0.05) is 6.54 Å². The first-order valence-corrected chi connectivity index (χ1v) is 9.45. The van der Waals surface area contributed by atoms with Crippen LogP contribution < -0.4 is 0 Å². The van der Waals surface area contributed by atoms with Crippen molar-refractivity contribution in [1.82, 2.24) is 4.90 Å². The van der Waals surface area contributed by atoms with Gasteiger partial charge in [-0.3, -0.25) is 9.69 Å². The molecule has 1 rings (SSSR count). The van der Waals surface area contributed by atoms with Crippen molar-refractivity contribution in [3.63, 3.8) is 0 Å². The molecule has 0 saturated carbocycles. The van der Waals surface area contributed by atoms with Crippen LogP contribution in [0.5, 0.6) is 0 Å². The molecular weight excluding hydrogens is 246 g/mol. The number of likely N-dealkylation sites (tertiary alicyclic amines) is 1. The Balaban J connectivity index is 2.65. The summed E-state index contributed by atoms with van der Waals surface area (Å²) in [6, 6.07) is -0.148. The van der Waals surface area contributed by atoms with E-state index in [-0.39, 0.29) is 23.2 Å². The zero-order valence-electron chi connectivity index (χ0n) is 12.7. The maximum absolute atomic E-state index is 11.6. The fourth-order valence-electron chi connectivity index (χ4n) is 2.04. The first kappa shape index (κ1) is 15.7. The minimum Gasteiger partial charge on any atom is -0.468 e. The third kappa shape index (κ3) is 3.33. The summed E-state index contributed by atoms with van der Waals surface area (Å²) in [4.78, 5) is 13.7. The molecule has 0 bridgehead atoms. The summed E-state index contributed by atoms with van der Waals surface area (Å²) < 4.78 is 11.2. The number of hydrogen-bond donors (Lipinski definition) is 0. The predicted octanol–water partition coefficient (Wildman–Crippen LogP) is 2.25. The third-order valence-corrected chi connectivity index (χ3v) is 8.79. The summed E-state index contributed by atoms with van der Waals surface area (Å²) in [6.07, 6.45) is 0.898. The van der Waals surface area contributed by atoms with Gasteiger partial charge in [-0.2, -0.15) is 0 Å². The van der Waals surface area contributed by atoms with Gasteiger partial charge >= 0.3 is 5.97 Å². The van der Waals surface area contributed by atoms with Crippen LogP contribution in [0.15, 0.2) is 0 Å². The molecule has 1 fully saturated rings. The number of nitrogens with zero attached hydrogens (tertiary/aromatic N) is 1. The molecule has 0 aromatic rings. The Kier molecular flexibility index (Phi) is 4.62. The zero-order valence-corrected chi connectivity index (χ0v) is 13.7. The van der Waals surface area contributed by atoms with Crippen molar-refractivity contribution in [1.29, 1.82) is 0 Å². The molecule has 1 saturated heterocycles. The van der Waals surface area contributed by atoms with Crippen molar-refractivity contribution >= 4 is 14.3 Å². The van der Waals surface area contributed by atoms with E-state index in [9.17, 15) is 4.79 Å². The fourth-order valence-corrected chi connectivity index (χ4v) is 3.40. The Hall–Kier alpha value is -0.393. The number of rotatable bonds is 3. The summed E-state index contributed by atoms with van der Waals surface area (Å²) in [7, 11) is 1.64. The second-order valence-electron chi connectivity index (χ2n) is 6.71. The zero-order chi connectivity index (χ0) is 14.1. The van der Waals surface area contributed by atoms with Gasteiger partial charge < -0.3 is 9.16 Å². The van der Waals surface area contributed by atoms with E-state index >= 15 is 0 Å². The lowest BCUT2D eigenvalue weighted by atomic mass is 10.2. The van der Waals surface area contributed by atoms with Gasteiger partial charge in [-0.1, -0.05) is 20.8 Å². The van der Waals surface area contributed by atoms with Crippen LogP contribution in [0.3, 0.4) is 0 Å². The van der Waals surface area contributed by atoms with E-state index in [0.29, 0.717) is 0 Å². The number of esters is 1. The van der Waals surface area contributed by atoms with Gasteiger partial charge in [0.1, 0.15) is 6.04 Å². The van der Waals surface area contributed by atoms with Crippen molar-refractivity contribution in [2.75, 3.05) is 20.7 Å². The molecule has 106 valence electrons. The average Bonchev–Trinajstić information content (AvgIpc) is 2.55. The van der Waals surface area contributed by atoms with E-state index in [4.69, 9.17) is 9.16 Å². The van der Waals surface area contributed by atoms with Crippen LogP contribution in [0.2, 0.25) is 18.1 Å². The lowest BCUT2D eigenvalue weighted by Crippen LogP contribution is -2.44. The van der Waals surface area contributed by atoms with E-state index < -0.39 is 8.32 Å². The summed E-state index contributed by atoms with van der Waals surface area (Å²) in [5, 5.41) is 0.203. The highest BCUT2D eigenvalue weighted by molar-refractivity contribution is 6.74. The Bertz CT molecular complexity index is 312. The molecule has 0 radical (unpaired) electrons. The van der Waals surface area contributed by atoms with E-state index in [1.807, 2.05) is 11.9 Å². The Morgan fingerprint density at radius 1 is 1.33 bits per heavy atom. The quantitative estimate of drug-likeness (QED) is 0.584. The molecule has 0 N–H and O–H groups in total. The minimum atomic E-state index is -1.75. The first-order valence-electron chi connectivity index (χ1n) is 6.54. The van der Waals surface area contributed by atoms with Crippen molar-refractivity contribution in [3.8, 4) is 0 Å². The number of ether oxygens (including phenoxy) is 1. The van der Waals surface area contributed by atoms with Crippen molar-refractivity contribution in [2.45, 2.75) is 57.5 Å². The summed E-state index contributed by atoms with van der Waals surface area (Å²) in [5.41, 5.74) is 0. The Morgan fingerprint density at radius 3 is 2.33 bits per heavy atom. The maximum Gasteiger partial charge on any atom is 0.323 e. The second kappa shape index (κ2) is 5.31. The van der Waals surface area contributed by atoms with Crippen LogP contribution in [0.25, 0.3) is 0 Å². The lowest BCUT2D eigenvalue weighted by molar-refractivity contribution is -0.145. The van der Waals surface area contributed by atoms with Crippen LogP contribution in [0.1, 0.15) is 27.2 Å². The molecule has 1 aliphatic rings. The van der Waals surface area contributed by atoms with Crippen molar-refractivity contribution in [3.05, 3.63) is 0 Å². The normalized spacial score (nSPS) is 26.4. The molecule has 0 amide bonds. The van der Waals surface area contributed by atoms with E-state index in [0.717, 1.165) is 13.0 Å². The van der Waals surface area contributed by atoms with Crippen LogP contribution in [0, 0.1) is 0 Å². The topological polar surface area (TPSA) is 38.8 Å². The first-order chi connectivity index (χ1) is 8.08. The largest absolute Gasteiger partial charge is 0.468 e. The highest BCUT2D eigenvalue weighted by Crippen LogP contribution is 2.38. The molecule has 0 aromatic heterocycles. The average molecular weight is 273 g/mol. The molecule has 0 spiro atoms. The highest BCUT2D eigenvalue weighted by atomic mass is 28.4. The van der Waals surface area contributed by atoms with Gasteiger partial charge in [-0.15, -0.1) is 0 Å². The van der Waals surface area contributed by atoms with Gasteiger partial charge in [0.2, 0.25) is 0 Å². The smallest absolute Gasteiger partial charge is 0.323 e. The van der Waals surface area contributed by atoms with Crippen molar-refractivity contribution in [2.24, 2.45) is 0 Å². The van der Waals surface area contributed by atoms with Gasteiger partial charge in [-0.25, -0.2) is 0 Å². The molecule has 5 heteroatoms. The van der Waals surface area contributed by atoms with Crippen LogP contribution in [0.4, 0.5) is 0 Å². The molecule has 0 aromatic carbocycles. The molecule has 0 aliphatic carbocycles. The highest BCUT2D eigenvalue weighted by Gasteiger charge is 2.43. The SMILES string of the molecule is COC(=O)[C@H]1C[C@@H](O[Si](C)(C)C(C)(C)C)CN1C. The number of hydrogen-bond acceptors (Lipinski definition) is 4. The van der Waals surface area contributed by atoms with E-state index in [1.54, 1.807) is 0 Å². The number of methoxy groups -OCH3 is 1. The predicted molar refractivity (Wildman–Crippen MR) is 75.1 cm³/mol. The molecule has 0 unspecified atom stereocenters.